The van der Waals surface area contributed by atoms with Gasteiger partial charge < -0.3 is 15.0 Å². The van der Waals surface area contributed by atoms with Gasteiger partial charge in [-0.2, -0.15) is 0 Å². The highest BCUT2D eigenvalue weighted by Gasteiger charge is 2.34. The van der Waals surface area contributed by atoms with E-state index in [1.54, 1.807) is 0 Å². The zero-order valence-corrected chi connectivity index (χ0v) is 17.4. The number of carbonyl (C=O) groups is 2. The Morgan fingerprint density at radius 2 is 1.86 bits per heavy atom. The molecule has 5 heteroatoms. The highest BCUT2D eigenvalue weighted by molar-refractivity contribution is 5.88. The summed E-state index contributed by atoms with van der Waals surface area (Å²) in [5, 5.41) is 4.03. The average Bonchev–Trinajstić information content (AvgIpc) is 3.09. The molecule has 1 fully saturated rings. The topological polar surface area (TPSA) is 71.2 Å². The Labute approximate surface area is 167 Å². The van der Waals surface area contributed by atoms with Crippen LogP contribution in [0.15, 0.2) is 30.5 Å². The van der Waals surface area contributed by atoms with E-state index in [4.69, 9.17) is 4.74 Å². The molecule has 0 bridgehead atoms. The standard InChI is InChI=1S/C23H32N2O3/c1-23(2,3)17-11-9-15(10-12-17)21(26)25-20(22(27)28-4)13-16-14-24-19-8-6-5-7-18(16)19/h5-8,14-15,17,20,24H,9-13H2,1-4H3,(H,25,26)/t15?,17?,20-/m0/s1. The van der Waals surface area contributed by atoms with Gasteiger partial charge in [0.15, 0.2) is 0 Å². The fourth-order valence-electron chi connectivity index (χ4n) is 4.37. The Bertz CT molecular complexity index is 826. The lowest BCUT2D eigenvalue weighted by molar-refractivity contribution is -0.145. The van der Waals surface area contributed by atoms with Crippen molar-refractivity contribution in [2.45, 2.75) is 58.9 Å². The van der Waals surface area contributed by atoms with E-state index in [9.17, 15) is 9.59 Å². The third kappa shape index (κ3) is 4.57. The molecule has 3 rings (SSSR count). The molecule has 1 saturated carbocycles. The van der Waals surface area contributed by atoms with Crippen LogP contribution in [-0.2, 0) is 20.7 Å². The zero-order chi connectivity index (χ0) is 20.3. The van der Waals surface area contributed by atoms with E-state index >= 15 is 0 Å². The van der Waals surface area contributed by atoms with E-state index in [0.29, 0.717) is 12.3 Å². The summed E-state index contributed by atoms with van der Waals surface area (Å²) in [5.41, 5.74) is 2.31. The number of aromatic amines is 1. The molecule has 1 atom stereocenters. The van der Waals surface area contributed by atoms with Crippen molar-refractivity contribution in [1.82, 2.24) is 10.3 Å². The van der Waals surface area contributed by atoms with E-state index < -0.39 is 12.0 Å². The summed E-state index contributed by atoms with van der Waals surface area (Å²) < 4.78 is 4.96. The Morgan fingerprint density at radius 1 is 1.18 bits per heavy atom. The number of amides is 1. The monoisotopic (exact) mass is 384 g/mol. The minimum atomic E-state index is -0.669. The van der Waals surface area contributed by atoms with Gasteiger partial charge in [0.05, 0.1) is 7.11 Å². The third-order valence-corrected chi connectivity index (χ3v) is 6.22. The van der Waals surface area contributed by atoms with Gasteiger partial charge in [0.25, 0.3) is 0 Å². The van der Waals surface area contributed by atoms with Crippen molar-refractivity contribution in [3.63, 3.8) is 0 Å². The van der Waals surface area contributed by atoms with E-state index in [-0.39, 0.29) is 17.2 Å². The van der Waals surface area contributed by atoms with Crippen molar-refractivity contribution < 1.29 is 14.3 Å². The first-order valence-corrected chi connectivity index (χ1v) is 10.2. The quantitative estimate of drug-likeness (QED) is 0.758. The fourth-order valence-corrected chi connectivity index (χ4v) is 4.37. The van der Waals surface area contributed by atoms with Crippen molar-refractivity contribution in [2.24, 2.45) is 17.3 Å². The number of nitrogens with one attached hydrogen (secondary N) is 2. The van der Waals surface area contributed by atoms with Gasteiger partial charge >= 0.3 is 5.97 Å². The van der Waals surface area contributed by atoms with Crippen molar-refractivity contribution in [1.29, 1.82) is 0 Å². The summed E-state index contributed by atoms with van der Waals surface area (Å²) in [4.78, 5) is 28.4. The lowest BCUT2D eigenvalue weighted by Gasteiger charge is -2.36. The minimum Gasteiger partial charge on any atom is -0.467 e. The molecule has 1 aromatic heterocycles. The number of ether oxygens (including phenoxy) is 1. The summed E-state index contributed by atoms with van der Waals surface area (Å²) in [6.45, 7) is 6.81. The second-order valence-electron chi connectivity index (χ2n) is 9.06. The Morgan fingerprint density at radius 3 is 2.50 bits per heavy atom. The Balaban J connectivity index is 1.66. The summed E-state index contributed by atoms with van der Waals surface area (Å²) in [6, 6.07) is 7.29. The molecule has 28 heavy (non-hydrogen) atoms. The number of benzene rings is 1. The summed E-state index contributed by atoms with van der Waals surface area (Å²) in [5.74, 6) is 0.206. The number of hydrogen-bond acceptors (Lipinski definition) is 3. The van der Waals surface area contributed by atoms with Crippen LogP contribution in [0.5, 0.6) is 0 Å². The number of esters is 1. The van der Waals surface area contributed by atoms with E-state index in [2.05, 4.69) is 31.1 Å². The summed E-state index contributed by atoms with van der Waals surface area (Å²) >= 11 is 0. The number of H-pyrrole nitrogens is 1. The van der Waals surface area contributed by atoms with Gasteiger partial charge in [0, 0.05) is 29.4 Å². The molecule has 5 nitrogen and oxygen atoms in total. The average molecular weight is 385 g/mol. The van der Waals surface area contributed by atoms with E-state index in [0.717, 1.165) is 42.1 Å². The van der Waals surface area contributed by atoms with Gasteiger partial charge in [-0.15, -0.1) is 0 Å². The maximum atomic E-state index is 12.9. The predicted molar refractivity (Wildman–Crippen MR) is 111 cm³/mol. The molecule has 2 N–H and O–H groups in total. The number of methoxy groups -OCH3 is 1. The van der Waals surface area contributed by atoms with Gasteiger partial charge in [0.2, 0.25) is 5.91 Å². The molecule has 0 spiro atoms. The van der Waals surface area contributed by atoms with Crippen LogP contribution < -0.4 is 5.32 Å². The van der Waals surface area contributed by atoms with E-state index in [1.807, 2.05) is 30.5 Å². The van der Waals surface area contributed by atoms with Crippen LogP contribution in [0.3, 0.4) is 0 Å². The van der Waals surface area contributed by atoms with Crippen LogP contribution in [0.25, 0.3) is 10.9 Å². The summed E-state index contributed by atoms with van der Waals surface area (Å²) in [6.07, 6.45) is 6.21. The Hall–Kier alpha value is -2.30. The van der Waals surface area contributed by atoms with Crippen LogP contribution in [0.2, 0.25) is 0 Å². The number of para-hydroxylation sites is 1. The predicted octanol–water partition coefficient (Wildman–Crippen LogP) is 4.22. The van der Waals surface area contributed by atoms with Crippen LogP contribution >= 0.6 is 0 Å². The number of fused-ring (bicyclic) bond motifs is 1. The van der Waals surface area contributed by atoms with Crippen molar-refractivity contribution >= 4 is 22.8 Å². The van der Waals surface area contributed by atoms with Crippen molar-refractivity contribution in [2.75, 3.05) is 7.11 Å². The third-order valence-electron chi connectivity index (χ3n) is 6.22. The summed E-state index contributed by atoms with van der Waals surface area (Å²) in [7, 11) is 1.37. The highest BCUT2D eigenvalue weighted by Crippen LogP contribution is 2.39. The molecular weight excluding hydrogens is 352 g/mol. The normalized spacial score (nSPS) is 21.3. The first kappa shape index (κ1) is 20.4. The number of carbonyl (C=O) groups excluding carboxylic acids is 2. The molecule has 0 radical (unpaired) electrons. The van der Waals surface area contributed by atoms with Crippen LogP contribution in [-0.4, -0.2) is 30.0 Å². The second kappa shape index (κ2) is 8.38. The lowest BCUT2D eigenvalue weighted by Crippen LogP contribution is -2.46. The van der Waals surface area contributed by atoms with Gasteiger partial charge in [-0.3, -0.25) is 4.79 Å². The molecule has 2 aromatic rings. The molecular formula is C23H32N2O3. The van der Waals surface area contributed by atoms with Gasteiger partial charge in [-0.1, -0.05) is 39.0 Å². The first-order chi connectivity index (χ1) is 13.3. The molecule has 0 aliphatic heterocycles. The van der Waals surface area contributed by atoms with Crippen molar-refractivity contribution in [3.8, 4) is 0 Å². The van der Waals surface area contributed by atoms with Crippen LogP contribution in [0, 0.1) is 17.3 Å². The number of hydrogen-bond donors (Lipinski definition) is 2. The van der Waals surface area contributed by atoms with E-state index in [1.165, 1.54) is 7.11 Å². The smallest absolute Gasteiger partial charge is 0.328 e. The van der Waals surface area contributed by atoms with Crippen LogP contribution in [0.4, 0.5) is 0 Å². The zero-order valence-electron chi connectivity index (χ0n) is 17.4. The molecule has 1 heterocycles. The van der Waals surface area contributed by atoms with Crippen molar-refractivity contribution in [3.05, 3.63) is 36.0 Å². The minimum absolute atomic E-state index is 0.0197. The molecule has 1 aliphatic rings. The van der Waals surface area contributed by atoms with Gasteiger partial charge in [-0.05, 0) is 48.6 Å². The fraction of sp³-hybridized carbons (Fsp3) is 0.565. The maximum absolute atomic E-state index is 12.9. The van der Waals surface area contributed by atoms with Gasteiger partial charge in [0.1, 0.15) is 6.04 Å². The molecule has 152 valence electrons. The maximum Gasteiger partial charge on any atom is 0.328 e. The molecule has 0 saturated heterocycles. The van der Waals surface area contributed by atoms with Gasteiger partial charge in [-0.25, -0.2) is 4.79 Å². The molecule has 1 aliphatic carbocycles. The number of aromatic nitrogens is 1. The second-order valence-corrected chi connectivity index (χ2v) is 9.06. The molecule has 1 amide bonds. The highest BCUT2D eigenvalue weighted by atomic mass is 16.5. The van der Waals surface area contributed by atoms with Crippen LogP contribution in [0.1, 0.15) is 52.0 Å². The lowest BCUT2D eigenvalue weighted by atomic mass is 9.69. The number of rotatable bonds is 5. The first-order valence-electron chi connectivity index (χ1n) is 10.2. The SMILES string of the molecule is COC(=O)[C@H](Cc1c[nH]c2ccccc12)NC(=O)C1CCC(C(C)(C)C)CC1. The largest absolute Gasteiger partial charge is 0.467 e. The molecule has 1 aromatic carbocycles. The molecule has 0 unspecified atom stereocenters. The Kier molecular flexibility index (Phi) is 6.11.